The topological polar surface area (TPSA) is 84.9 Å². The van der Waals surface area contributed by atoms with E-state index in [-0.39, 0.29) is 24.0 Å². The van der Waals surface area contributed by atoms with E-state index in [1.165, 1.54) is 6.08 Å². The van der Waals surface area contributed by atoms with E-state index >= 15 is 0 Å². The van der Waals surface area contributed by atoms with Crippen molar-refractivity contribution in [1.29, 1.82) is 0 Å². The molecule has 3 atom stereocenters. The van der Waals surface area contributed by atoms with Gasteiger partial charge in [-0.3, -0.25) is 14.4 Å². The number of nitrogens with one attached hydrogen (secondary N) is 1. The summed E-state index contributed by atoms with van der Waals surface area (Å²) >= 11 is 0. The maximum absolute atomic E-state index is 13.1. The zero-order valence-corrected chi connectivity index (χ0v) is 19.8. The maximum atomic E-state index is 13.1. The van der Waals surface area contributed by atoms with Crippen molar-refractivity contribution < 1.29 is 23.9 Å². The Balaban J connectivity index is 1.32. The monoisotopic (exact) mass is 482 g/mol. The summed E-state index contributed by atoms with van der Waals surface area (Å²) in [7, 11) is 1.57. The highest BCUT2D eigenvalue weighted by Crippen LogP contribution is 2.32. The van der Waals surface area contributed by atoms with Crippen LogP contribution in [0, 0.1) is 0 Å². The molecule has 2 amide bonds. The van der Waals surface area contributed by atoms with Crippen LogP contribution >= 0.6 is 0 Å². The van der Waals surface area contributed by atoms with Crippen LogP contribution in [0.4, 0.5) is 5.69 Å². The number of rotatable bonds is 8. The molecule has 1 N–H and O–H groups in total. The predicted molar refractivity (Wildman–Crippen MR) is 135 cm³/mol. The van der Waals surface area contributed by atoms with Crippen LogP contribution in [0.25, 0.3) is 0 Å². The van der Waals surface area contributed by atoms with Crippen LogP contribution in [0.15, 0.2) is 91.0 Å². The molecule has 0 spiro atoms. The number of ketones is 1. The highest BCUT2D eigenvalue weighted by molar-refractivity contribution is 6.08. The highest BCUT2D eigenvalue weighted by atomic mass is 16.5. The Morgan fingerprint density at radius 1 is 1.03 bits per heavy atom. The standard InChI is InChI=1S/C29H26N2O5/c1-35-22-13-11-21(12-14-22)31-23(15-16-24(32)26-18-20-9-5-6-10-25(20)36-26)28(29(31)34)30-27(33)17-19-7-3-2-4-8-19/h2-16,23,26,28H,17-18H2,1H3,(H,30,33)/t23-,26?,28+/m1/s1. The lowest BCUT2D eigenvalue weighted by atomic mass is 9.92. The number of nitrogens with zero attached hydrogens (tertiary/aromatic N) is 1. The second-order valence-corrected chi connectivity index (χ2v) is 8.78. The second-order valence-electron chi connectivity index (χ2n) is 8.78. The average Bonchev–Trinajstić information content (AvgIpc) is 3.35. The molecule has 2 aliphatic heterocycles. The first-order valence-electron chi connectivity index (χ1n) is 11.8. The number of hydrogen-bond donors (Lipinski definition) is 1. The minimum atomic E-state index is -0.769. The van der Waals surface area contributed by atoms with E-state index in [2.05, 4.69) is 5.32 Å². The first-order valence-corrected chi connectivity index (χ1v) is 11.8. The number of amides is 2. The van der Waals surface area contributed by atoms with Crippen molar-refractivity contribution in [3.05, 3.63) is 102 Å². The largest absolute Gasteiger partial charge is 0.497 e. The predicted octanol–water partition coefficient (Wildman–Crippen LogP) is 3.27. The molecule has 7 heteroatoms. The second kappa shape index (κ2) is 10.1. The highest BCUT2D eigenvalue weighted by Gasteiger charge is 2.47. The van der Waals surface area contributed by atoms with Crippen LogP contribution in [-0.4, -0.2) is 42.9 Å². The van der Waals surface area contributed by atoms with Gasteiger partial charge in [-0.2, -0.15) is 0 Å². The third-order valence-corrected chi connectivity index (χ3v) is 6.44. The van der Waals surface area contributed by atoms with Gasteiger partial charge in [-0.15, -0.1) is 0 Å². The van der Waals surface area contributed by atoms with E-state index in [9.17, 15) is 14.4 Å². The number of benzene rings is 3. The number of anilines is 1. The molecule has 3 aromatic rings. The van der Waals surface area contributed by atoms with E-state index in [4.69, 9.17) is 9.47 Å². The third kappa shape index (κ3) is 4.73. The number of β-lactam (4-membered cyclic amide) rings is 1. The first-order chi connectivity index (χ1) is 17.5. The van der Waals surface area contributed by atoms with Crippen molar-refractivity contribution >= 4 is 23.3 Å². The minimum Gasteiger partial charge on any atom is -0.497 e. The van der Waals surface area contributed by atoms with Gasteiger partial charge >= 0.3 is 0 Å². The molecule has 3 aromatic carbocycles. The van der Waals surface area contributed by atoms with Crippen molar-refractivity contribution in [2.24, 2.45) is 0 Å². The van der Waals surface area contributed by atoms with Gasteiger partial charge in [0.25, 0.3) is 5.91 Å². The Labute approximate surface area is 209 Å². The summed E-state index contributed by atoms with van der Waals surface area (Å²) in [6.07, 6.45) is 3.20. The molecule has 0 aliphatic carbocycles. The van der Waals surface area contributed by atoms with Gasteiger partial charge in [0.1, 0.15) is 17.5 Å². The summed E-state index contributed by atoms with van der Waals surface area (Å²) in [6.45, 7) is 0. The van der Waals surface area contributed by atoms with Crippen molar-refractivity contribution in [3.8, 4) is 11.5 Å². The molecule has 7 nitrogen and oxygen atoms in total. The Hall–Kier alpha value is -4.39. The fourth-order valence-electron chi connectivity index (χ4n) is 4.54. The number of methoxy groups -OCH3 is 1. The van der Waals surface area contributed by atoms with E-state index in [0.29, 0.717) is 23.6 Å². The molecule has 182 valence electrons. The van der Waals surface area contributed by atoms with Crippen LogP contribution in [0.1, 0.15) is 11.1 Å². The quantitative estimate of drug-likeness (QED) is 0.394. The van der Waals surface area contributed by atoms with Crippen LogP contribution in [0.3, 0.4) is 0 Å². The summed E-state index contributed by atoms with van der Waals surface area (Å²) in [4.78, 5) is 40.3. The van der Waals surface area contributed by atoms with Gasteiger partial charge < -0.3 is 19.7 Å². The van der Waals surface area contributed by atoms with Crippen LogP contribution in [0.5, 0.6) is 11.5 Å². The van der Waals surface area contributed by atoms with Crippen LogP contribution < -0.4 is 19.7 Å². The molecular formula is C29H26N2O5. The fourth-order valence-corrected chi connectivity index (χ4v) is 4.54. The molecule has 1 saturated heterocycles. The lowest BCUT2D eigenvalue weighted by molar-refractivity contribution is -0.131. The summed E-state index contributed by atoms with van der Waals surface area (Å²) in [6, 6.07) is 22.7. The first kappa shape index (κ1) is 23.4. The van der Waals surface area contributed by atoms with E-state index in [1.807, 2.05) is 54.6 Å². The number of fused-ring (bicyclic) bond motifs is 1. The summed E-state index contributed by atoms with van der Waals surface area (Å²) < 4.78 is 11.0. The van der Waals surface area contributed by atoms with Gasteiger partial charge in [0.2, 0.25) is 5.91 Å². The molecule has 1 unspecified atom stereocenters. The van der Waals surface area contributed by atoms with Crippen molar-refractivity contribution in [3.63, 3.8) is 0 Å². The van der Waals surface area contributed by atoms with Crippen molar-refractivity contribution in [2.45, 2.75) is 31.0 Å². The molecule has 1 fully saturated rings. The Bertz CT molecular complexity index is 1280. The molecular weight excluding hydrogens is 456 g/mol. The molecule has 0 bridgehead atoms. The minimum absolute atomic E-state index is 0.163. The summed E-state index contributed by atoms with van der Waals surface area (Å²) in [5, 5.41) is 2.85. The van der Waals surface area contributed by atoms with E-state index in [1.54, 1.807) is 42.4 Å². The third-order valence-electron chi connectivity index (χ3n) is 6.44. The maximum Gasteiger partial charge on any atom is 0.252 e. The lowest BCUT2D eigenvalue weighted by Gasteiger charge is -2.45. The van der Waals surface area contributed by atoms with Crippen molar-refractivity contribution in [2.75, 3.05) is 12.0 Å². The summed E-state index contributed by atoms with van der Waals surface area (Å²) in [5.74, 6) is 0.699. The molecule has 5 rings (SSSR count). The number of hydrogen-bond acceptors (Lipinski definition) is 5. The molecule has 0 aromatic heterocycles. The summed E-state index contributed by atoms with van der Waals surface area (Å²) in [5.41, 5.74) is 2.50. The Kier molecular flexibility index (Phi) is 6.54. The zero-order valence-electron chi connectivity index (χ0n) is 19.8. The normalized spacial score (nSPS) is 20.4. The number of para-hydroxylation sites is 1. The molecule has 36 heavy (non-hydrogen) atoms. The Morgan fingerprint density at radius 3 is 2.47 bits per heavy atom. The Morgan fingerprint density at radius 2 is 1.75 bits per heavy atom. The van der Waals surface area contributed by atoms with Gasteiger partial charge in [-0.05, 0) is 47.5 Å². The number of carbonyl (C=O) groups is 3. The lowest BCUT2D eigenvalue weighted by Crippen LogP contribution is -2.70. The van der Waals surface area contributed by atoms with E-state index in [0.717, 1.165) is 11.1 Å². The van der Waals surface area contributed by atoms with Crippen molar-refractivity contribution in [1.82, 2.24) is 5.32 Å². The van der Waals surface area contributed by atoms with E-state index < -0.39 is 18.2 Å². The van der Waals surface area contributed by atoms with Gasteiger partial charge in [0.05, 0.1) is 19.6 Å². The number of ether oxygens (including phenoxy) is 2. The zero-order chi connectivity index (χ0) is 25.1. The van der Waals surface area contributed by atoms with Crippen LogP contribution in [0.2, 0.25) is 0 Å². The SMILES string of the molecule is COc1ccc(N2C(=O)[C@@H](NC(=O)Cc3ccccc3)[C@H]2C=CC(=O)C2Cc3ccccc3O2)cc1. The van der Waals surface area contributed by atoms with Gasteiger partial charge in [0, 0.05) is 12.1 Å². The number of carbonyl (C=O) groups excluding carboxylic acids is 3. The van der Waals surface area contributed by atoms with Gasteiger partial charge in [-0.1, -0.05) is 54.6 Å². The van der Waals surface area contributed by atoms with Gasteiger partial charge in [0.15, 0.2) is 11.9 Å². The molecule has 2 heterocycles. The fraction of sp³-hybridized carbons (Fsp3) is 0.207. The van der Waals surface area contributed by atoms with Crippen LogP contribution in [-0.2, 0) is 27.2 Å². The smallest absolute Gasteiger partial charge is 0.252 e. The molecule has 0 saturated carbocycles. The average molecular weight is 483 g/mol. The van der Waals surface area contributed by atoms with Gasteiger partial charge in [-0.25, -0.2) is 0 Å². The molecule has 0 radical (unpaired) electrons. The molecule has 2 aliphatic rings.